The van der Waals surface area contributed by atoms with Gasteiger partial charge in [-0.25, -0.2) is 13.1 Å². The van der Waals surface area contributed by atoms with Crippen molar-refractivity contribution in [2.45, 2.75) is 18.7 Å². The summed E-state index contributed by atoms with van der Waals surface area (Å²) in [5.41, 5.74) is 2.21. The zero-order valence-corrected chi connectivity index (χ0v) is 19.5. The van der Waals surface area contributed by atoms with Gasteiger partial charge in [-0.1, -0.05) is 44.2 Å². The fraction of sp³-hybridized carbons (Fsp3) is 0.208. The van der Waals surface area contributed by atoms with Crippen molar-refractivity contribution in [3.63, 3.8) is 0 Å². The first kappa shape index (κ1) is 23.9. The highest BCUT2D eigenvalue weighted by Crippen LogP contribution is 2.28. The van der Waals surface area contributed by atoms with Gasteiger partial charge in [-0.3, -0.25) is 4.79 Å². The second-order valence-corrected chi connectivity index (χ2v) is 9.02. The fourth-order valence-corrected chi connectivity index (χ4v) is 4.89. The third-order valence-corrected chi connectivity index (χ3v) is 7.15. The first-order valence-corrected chi connectivity index (χ1v) is 11.9. The summed E-state index contributed by atoms with van der Waals surface area (Å²) in [4.78, 5) is 12.2. The highest BCUT2D eigenvalue weighted by molar-refractivity contribution is 7.89. The van der Waals surface area contributed by atoms with Gasteiger partial charge in [0.1, 0.15) is 17.3 Å². The largest absolute Gasteiger partial charge is 0.354 e. The topological polar surface area (TPSA) is 108 Å². The van der Waals surface area contributed by atoms with E-state index in [1.165, 1.54) is 17.4 Å². The molecule has 0 fully saturated rings. The quantitative estimate of drug-likeness (QED) is 0.408. The summed E-state index contributed by atoms with van der Waals surface area (Å²) in [5.74, 6) is -0.520. The summed E-state index contributed by atoms with van der Waals surface area (Å²) in [7, 11) is -2.22. The predicted molar refractivity (Wildman–Crippen MR) is 127 cm³/mol. The summed E-state index contributed by atoms with van der Waals surface area (Å²) in [5, 5.41) is 16.5. The van der Waals surface area contributed by atoms with Crippen molar-refractivity contribution in [1.29, 1.82) is 5.26 Å². The van der Waals surface area contributed by atoms with Crippen LogP contribution in [0.4, 0.5) is 0 Å². The smallest absolute Gasteiger partial charge is 0.261 e. The van der Waals surface area contributed by atoms with Crippen molar-refractivity contribution in [3.05, 3.63) is 71.9 Å². The van der Waals surface area contributed by atoms with E-state index in [2.05, 4.69) is 10.4 Å². The van der Waals surface area contributed by atoms with E-state index < -0.39 is 15.9 Å². The minimum atomic E-state index is -3.67. The Morgan fingerprint density at radius 1 is 1.15 bits per heavy atom. The number of likely N-dealkylation sites (N-methyl/N-ethyl adjacent to an activating group) is 1. The maximum Gasteiger partial charge on any atom is 0.261 e. The van der Waals surface area contributed by atoms with Gasteiger partial charge in [0.25, 0.3) is 5.91 Å². The van der Waals surface area contributed by atoms with E-state index in [4.69, 9.17) is 0 Å². The lowest BCUT2D eigenvalue weighted by molar-refractivity contribution is -0.116. The molecule has 2 aromatic carbocycles. The van der Waals surface area contributed by atoms with Crippen molar-refractivity contribution in [2.75, 3.05) is 20.1 Å². The van der Waals surface area contributed by atoms with Crippen molar-refractivity contribution in [3.8, 4) is 23.0 Å². The minimum Gasteiger partial charge on any atom is -0.354 e. The zero-order valence-electron chi connectivity index (χ0n) is 18.7. The molecule has 1 N–H and O–H groups in total. The van der Waals surface area contributed by atoms with Crippen LogP contribution in [0.2, 0.25) is 0 Å². The van der Waals surface area contributed by atoms with Crippen molar-refractivity contribution in [1.82, 2.24) is 19.4 Å². The molecule has 3 aromatic rings. The third kappa shape index (κ3) is 5.03. The van der Waals surface area contributed by atoms with E-state index in [1.54, 1.807) is 49.0 Å². The molecule has 1 heterocycles. The molecular weight excluding hydrogens is 438 g/mol. The number of amides is 1. The van der Waals surface area contributed by atoms with Gasteiger partial charge in [0.05, 0.1) is 10.6 Å². The lowest BCUT2D eigenvalue weighted by Crippen LogP contribution is -2.30. The number of para-hydroxylation sites is 1. The maximum absolute atomic E-state index is 13.0. The van der Waals surface area contributed by atoms with Crippen molar-refractivity contribution >= 4 is 22.0 Å². The number of aromatic nitrogens is 2. The molecule has 170 valence electrons. The third-order valence-electron chi connectivity index (χ3n) is 5.11. The molecule has 8 nitrogen and oxygen atoms in total. The van der Waals surface area contributed by atoms with Gasteiger partial charge in [0.15, 0.2) is 0 Å². The molecule has 33 heavy (non-hydrogen) atoms. The van der Waals surface area contributed by atoms with Gasteiger partial charge in [-0.2, -0.15) is 14.7 Å². The van der Waals surface area contributed by atoms with Crippen LogP contribution in [0.1, 0.15) is 19.4 Å². The van der Waals surface area contributed by atoms with Crippen LogP contribution >= 0.6 is 0 Å². The molecule has 9 heteroatoms. The Bertz CT molecular complexity index is 1320. The van der Waals surface area contributed by atoms with Crippen LogP contribution in [0.15, 0.2) is 71.3 Å². The summed E-state index contributed by atoms with van der Waals surface area (Å²) < 4.78 is 29.1. The number of rotatable bonds is 8. The minimum absolute atomic E-state index is 0.0849. The molecule has 0 spiro atoms. The van der Waals surface area contributed by atoms with Gasteiger partial charge < -0.3 is 5.32 Å². The summed E-state index contributed by atoms with van der Waals surface area (Å²) in [6.45, 7) is 4.30. The van der Waals surface area contributed by atoms with Crippen LogP contribution in [0.5, 0.6) is 0 Å². The predicted octanol–water partition coefficient (Wildman–Crippen LogP) is 3.22. The molecule has 1 amide bonds. The SMILES string of the molecule is CCN(CC)S(=O)(=O)c1cccc(-c2nn(-c3ccccc3)cc2C=C(C#N)C(=O)NC)c1. The normalized spacial score (nSPS) is 11.9. The van der Waals surface area contributed by atoms with Crippen LogP contribution in [0.25, 0.3) is 23.0 Å². The van der Waals surface area contributed by atoms with Crippen molar-refractivity contribution < 1.29 is 13.2 Å². The number of nitriles is 1. The summed E-state index contributed by atoms with van der Waals surface area (Å²) in [6.07, 6.45) is 3.16. The molecule has 0 saturated heterocycles. The Morgan fingerprint density at radius 2 is 1.85 bits per heavy atom. The molecule has 0 aliphatic carbocycles. The van der Waals surface area contributed by atoms with E-state index in [-0.39, 0.29) is 10.5 Å². The molecule has 0 radical (unpaired) electrons. The molecule has 0 saturated carbocycles. The number of sulfonamides is 1. The van der Waals surface area contributed by atoms with Gasteiger partial charge >= 0.3 is 0 Å². The zero-order chi connectivity index (χ0) is 24.0. The van der Waals surface area contributed by atoms with Gasteiger partial charge in [0.2, 0.25) is 10.0 Å². The monoisotopic (exact) mass is 463 g/mol. The average Bonchev–Trinajstić information content (AvgIpc) is 3.27. The Morgan fingerprint density at radius 3 is 2.45 bits per heavy atom. The van der Waals surface area contributed by atoms with Crippen LogP contribution in [-0.4, -0.2) is 48.5 Å². The van der Waals surface area contributed by atoms with E-state index >= 15 is 0 Å². The highest BCUT2D eigenvalue weighted by atomic mass is 32.2. The molecule has 0 aliphatic rings. The molecule has 1 aromatic heterocycles. The van der Waals surface area contributed by atoms with Crippen molar-refractivity contribution in [2.24, 2.45) is 0 Å². The highest BCUT2D eigenvalue weighted by Gasteiger charge is 2.23. The van der Waals surface area contributed by atoms with Crippen LogP contribution in [-0.2, 0) is 14.8 Å². The molecular formula is C24H25N5O3S. The number of hydrogen-bond donors (Lipinski definition) is 1. The Hall–Kier alpha value is -3.74. The van der Waals surface area contributed by atoms with Gasteiger partial charge in [-0.15, -0.1) is 0 Å². The van der Waals surface area contributed by atoms with E-state index in [0.717, 1.165) is 5.69 Å². The molecule has 0 unspecified atom stereocenters. The average molecular weight is 464 g/mol. The number of carbonyl (C=O) groups is 1. The number of benzene rings is 2. The first-order chi connectivity index (χ1) is 15.8. The Balaban J connectivity index is 2.20. The van der Waals surface area contributed by atoms with Crippen LogP contribution < -0.4 is 5.32 Å². The molecule has 0 atom stereocenters. The fourth-order valence-electron chi connectivity index (χ4n) is 3.39. The maximum atomic E-state index is 13.0. The molecule has 0 bridgehead atoms. The van der Waals surface area contributed by atoms with Crippen LogP contribution in [0.3, 0.4) is 0 Å². The van der Waals surface area contributed by atoms with E-state index in [0.29, 0.717) is 29.9 Å². The number of nitrogens with one attached hydrogen (secondary N) is 1. The first-order valence-electron chi connectivity index (χ1n) is 10.4. The summed E-state index contributed by atoms with van der Waals surface area (Å²) in [6, 6.07) is 17.8. The van der Waals surface area contributed by atoms with E-state index in [9.17, 15) is 18.5 Å². The number of nitrogens with zero attached hydrogens (tertiary/aromatic N) is 4. The molecule has 0 aliphatic heterocycles. The lowest BCUT2D eigenvalue weighted by Gasteiger charge is -2.18. The molecule has 3 rings (SSSR count). The van der Waals surface area contributed by atoms with Crippen LogP contribution in [0, 0.1) is 11.3 Å². The Kier molecular flexibility index (Phi) is 7.43. The summed E-state index contributed by atoms with van der Waals surface area (Å²) >= 11 is 0. The number of carbonyl (C=O) groups excluding carboxylic acids is 1. The Labute approximate surface area is 193 Å². The second-order valence-electron chi connectivity index (χ2n) is 7.08. The van der Waals surface area contributed by atoms with E-state index in [1.807, 2.05) is 36.4 Å². The number of hydrogen-bond acceptors (Lipinski definition) is 5. The lowest BCUT2D eigenvalue weighted by atomic mass is 10.1. The second kappa shape index (κ2) is 10.3. The van der Waals surface area contributed by atoms with Gasteiger partial charge in [0, 0.05) is 37.5 Å². The standard InChI is InChI=1S/C24H25N5O3S/c1-4-28(5-2)33(31,32)22-13-9-10-18(15-22)23-20(14-19(16-25)24(30)26-3)17-29(27-23)21-11-7-6-8-12-21/h6-15,17H,4-5H2,1-3H3,(H,26,30). The van der Waals surface area contributed by atoms with Gasteiger partial charge in [-0.05, 0) is 30.3 Å².